The molecule has 6 nitrogen and oxygen atoms in total. The van der Waals surface area contributed by atoms with Crippen LogP contribution in [0, 0.1) is 11.8 Å². The number of esters is 1. The van der Waals surface area contributed by atoms with E-state index < -0.39 is 0 Å². The lowest BCUT2D eigenvalue weighted by atomic mass is 9.81. The van der Waals surface area contributed by atoms with E-state index in [1.54, 1.807) is 0 Å². The van der Waals surface area contributed by atoms with E-state index in [1.807, 2.05) is 30.6 Å². The second-order valence-electron chi connectivity index (χ2n) is 9.31. The number of amidine groups is 1. The van der Waals surface area contributed by atoms with E-state index in [4.69, 9.17) is 14.7 Å². The molecule has 1 unspecified atom stereocenters. The summed E-state index contributed by atoms with van der Waals surface area (Å²) in [6.45, 7) is 0. The lowest BCUT2D eigenvalue weighted by Gasteiger charge is -2.27. The molecule has 1 saturated carbocycles. The summed E-state index contributed by atoms with van der Waals surface area (Å²) >= 11 is 0. The summed E-state index contributed by atoms with van der Waals surface area (Å²) in [7, 11) is 1.47. The van der Waals surface area contributed by atoms with Crippen molar-refractivity contribution in [2.75, 3.05) is 7.11 Å². The first kappa shape index (κ1) is 24.1. The van der Waals surface area contributed by atoms with Gasteiger partial charge in [-0.2, -0.15) is 4.99 Å². The zero-order valence-electron chi connectivity index (χ0n) is 20.0. The number of nitrogens with one attached hydrogen (secondary N) is 1. The summed E-state index contributed by atoms with van der Waals surface area (Å²) in [5.74, 6) is 1.36. The monoisotopic (exact) mass is 498 g/mol. The Hall–Kier alpha value is -3.61. The van der Waals surface area contributed by atoms with E-state index >= 15 is 0 Å². The van der Waals surface area contributed by atoms with Crippen LogP contribution in [-0.2, 0) is 9.53 Å². The number of pyridine rings is 1. The lowest BCUT2D eigenvalue weighted by Crippen LogP contribution is -3.09. The van der Waals surface area contributed by atoms with Gasteiger partial charge in [-0.05, 0) is 37.8 Å². The van der Waals surface area contributed by atoms with Gasteiger partial charge in [0.25, 0.3) is 0 Å². The number of fused-ring (bicyclic) bond motifs is 2. The summed E-state index contributed by atoms with van der Waals surface area (Å²) in [5, 5.41) is 1.10. The molecule has 1 aromatic heterocycles. The molecule has 1 fully saturated rings. The topological polar surface area (TPSA) is 68.3 Å². The normalized spacial score (nSPS) is 22.7. The van der Waals surface area contributed by atoms with E-state index in [0.717, 1.165) is 75.5 Å². The van der Waals surface area contributed by atoms with Crippen molar-refractivity contribution < 1.29 is 26.8 Å². The van der Waals surface area contributed by atoms with E-state index in [1.165, 1.54) is 7.11 Å². The minimum absolute atomic E-state index is 0. The minimum Gasteiger partial charge on any atom is -1.00 e. The maximum absolute atomic E-state index is 12.0. The van der Waals surface area contributed by atoms with Gasteiger partial charge in [0.2, 0.25) is 5.84 Å². The Morgan fingerprint density at radius 1 is 0.972 bits per heavy atom. The summed E-state index contributed by atoms with van der Waals surface area (Å²) in [6, 6.07) is 20.8. The second kappa shape index (κ2) is 10.2. The third-order valence-corrected chi connectivity index (χ3v) is 7.27. The van der Waals surface area contributed by atoms with Gasteiger partial charge in [0.15, 0.2) is 5.70 Å². The van der Waals surface area contributed by atoms with Crippen molar-refractivity contribution >= 4 is 34.6 Å². The number of nitrogens with zero attached hydrogens (tertiary/aromatic N) is 3. The van der Waals surface area contributed by atoms with Gasteiger partial charge in [0.1, 0.15) is 11.9 Å². The van der Waals surface area contributed by atoms with Crippen LogP contribution < -0.4 is 17.3 Å². The van der Waals surface area contributed by atoms with Crippen LogP contribution in [0.15, 0.2) is 88.7 Å². The number of hydrogen-bond donors (Lipinski definition) is 1. The van der Waals surface area contributed by atoms with Gasteiger partial charge in [-0.3, -0.25) is 9.79 Å². The zero-order chi connectivity index (χ0) is 23.8. The molecule has 3 aliphatic rings. The number of halogens is 1. The number of quaternary nitrogens is 1. The fourth-order valence-electron chi connectivity index (χ4n) is 5.38. The summed E-state index contributed by atoms with van der Waals surface area (Å²) in [6.07, 6.45) is 9.38. The van der Waals surface area contributed by atoms with Crippen LogP contribution in [0.3, 0.4) is 0 Å². The minimum atomic E-state index is -0.0906. The Labute approximate surface area is 216 Å². The average Bonchev–Trinajstić information content (AvgIpc) is 3.32. The molecule has 2 aliphatic heterocycles. The van der Waals surface area contributed by atoms with Gasteiger partial charge >= 0.3 is 5.97 Å². The number of carbonyl (C=O) groups is 1. The Kier molecular flexibility index (Phi) is 6.81. The standard InChI is InChI=1S/C29H26N4O2.ClH/c1-35-29(34)22-10-8-21(9-11-22)28-32-27(26-18-30-15-16-33(26)28)23-12-7-20-13-14-24(31-25(20)17-23)19-5-3-2-4-6-19;/h2-7,12-18,21-22H,8-11H2,1H3;1H. The van der Waals surface area contributed by atoms with Gasteiger partial charge < -0.3 is 17.1 Å². The fraction of sp³-hybridized carbons (Fsp3) is 0.241. The first-order valence-electron chi connectivity index (χ1n) is 12.2. The first-order chi connectivity index (χ1) is 17.2. The van der Waals surface area contributed by atoms with Crippen LogP contribution in [0.5, 0.6) is 0 Å². The van der Waals surface area contributed by atoms with Crippen molar-refractivity contribution in [2.24, 2.45) is 21.8 Å². The molecular weight excluding hydrogens is 472 g/mol. The molecule has 1 aliphatic carbocycles. The number of allylic oxidation sites excluding steroid dienone is 1. The van der Waals surface area contributed by atoms with Crippen LogP contribution in [-0.4, -0.2) is 30.1 Å². The molecule has 7 heteroatoms. The molecule has 3 aromatic rings. The fourth-order valence-corrected chi connectivity index (χ4v) is 5.38. The van der Waals surface area contributed by atoms with Crippen molar-refractivity contribution in [3.05, 3.63) is 84.3 Å². The van der Waals surface area contributed by atoms with Crippen LogP contribution in [0.1, 0.15) is 31.2 Å². The van der Waals surface area contributed by atoms with Crippen molar-refractivity contribution in [3.63, 3.8) is 0 Å². The molecule has 0 radical (unpaired) electrons. The Morgan fingerprint density at radius 2 is 1.75 bits per heavy atom. The number of aromatic nitrogens is 1. The number of carbonyl (C=O) groups excluding carboxylic acids is 1. The van der Waals surface area contributed by atoms with E-state index in [9.17, 15) is 4.79 Å². The first-order valence-corrected chi connectivity index (χ1v) is 12.2. The molecular formula is C29H27ClN4O2. The third kappa shape index (κ3) is 4.38. The lowest BCUT2D eigenvalue weighted by molar-refractivity contribution is -0.693. The molecule has 1 N–H and O–H groups in total. The number of rotatable bonds is 4. The van der Waals surface area contributed by atoms with E-state index in [0.29, 0.717) is 5.92 Å². The Morgan fingerprint density at radius 3 is 2.53 bits per heavy atom. The summed E-state index contributed by atoms with van der Waals surface area (Å²) < 4.78 is 4.97. The molecule has 3 heterocycles. The number of methoxy groups -OCH3 is 1. The van der Waals surface area contributed by atoms with E-state index in [-0.39, 0.29) is 24.3 Å². The smallest absolute Gasteiger partial charge is 0.308 e. The van der Waals surface area contributed by atoms with Gasteiger partial charge in [0, 0.05) is 16.5 Å². The highest BCUT2D eigenvalue weighted by Crippen LogP contribution is 2.33. The third-order valence-electron chi connectivity index (χ3n) is 7.27. The number of aliphatic imine (C=N–C) groups is 2. The van der Waals surface area contributed by atoms with Gasteiger partial charge in [-0.15, -0.1) is 0 Å². The molecule has 0 amide bonds. The molecule has 1 atom stereocenters. The number of hydrogen-bond acceptors (Lipinski definition) is 5. The van der Waals surface area contributed by atoms with Gasteiger partial charge in [-0.25, -0.2) is 9.88 Å². The number of ether oxygens (including phenoxy) is 1. The highest BCUT2D eigenvalue weighted by molar-refractivity contribution is 6.00. The maximum Gasteiger partial charge on any atom is 0.308 e. The highest BCUT2D eigenvalue weighted by atomic mass is 35.5. The zero-order valence-corrected chi connectivity index (χ0v) is 20.8. The van der Waals surface area contributed by atoms with Crippen molar-refractivity contribution in [2.45, 2.75) is 25.7 Å². The highest BCUT2D eigenvalue weighted by Gasteiger charge is 2.40. The summed E-state index contributed by atoms with van der Waals surface area (Å²) in [5.41, 5.74) is 6.07. The van der Waals surface area contributed by atoms with Crippen molar-refractivity contribution in [3.8, 4) is 11.3 Å². The quantitative estimate of drug-likeness (QED) is 0.553. The Bertz CT molecular complexity index is 1420. The van der Waals surface area contributed by atoms with Crippen LogP contribution in [0.2, 0.25) is 0 Å². The van der Waals surface area contributed by atoms with E-state index in [2.05, 4.69) is 53.7 Å². The van der Waals surface area contributed by atoms with Crippen molar-refractivity contribution in [1.82, 2.24) is 4.98 Å². The molecule has 6 rings (SSSR count). The molecule has 2 aromatic carbocycles. The van der Waals surface area contributed by atoms with Crippen molar-refractivity contribution in [1.29, 1.82) is 0 Å². The molecule has 182 valence electrons. The Balaban J connectivity index is 0.00000267. The van der Waals surface area contributed by atoms with Crippen LogP contribution in [0.25, 0.3) is 27.9 Å². The van der Waals surface area contributed by atoms with Crippen LogP contribution >= 0.6 is 0 Å². The average molecular weight is 499 g/mol. The maximum atomic E-state index is 12.0. The number of benzene rings is 2. The predicted molar refractivity (Wildman–Crippen MR) is 138 cm³/mol. The molecule has 0 spiro atoms. The van der Waals surface area contributed by atoms with Gasteiger partial charge in [0.05, 0.1) is 42.6 Å². The molecule has 0 bridgehead atoms. The SMILES string of the molecule is COC(=O)C1CCC(C2=NC(c3ccc4ccc(-c5ccccc5)nc4c3)=C3C=NC=C[NH+]23)CC1.[Cl-]. The second-order valence-corrected chi connectivity index (χ2v) is 9.31. The predicted octanol–water partition coefficient (Wildman–Crippen LogP) is 1.41. The summed E-state index contributed by atoms with van der Waals surface area (Å²) in [4.78, 5) is 27.7. The largest absolute Gasteiger partial charge is 1.00 e. The molecule has 0 saturated heterocycles. The van der Waals surface area contributed by atoms with Gasteiger partial charge in [-0.1, -0.05) is 48.5 Å². The van der Waals surface area contributed by atoms with Crippen LogP contribution in [0.4, 0.5) is 0 Å². The molecule has 36 heavy (non-hydrogen) atoms.